The molecule has 0 aliphatic rings. The summed E-state index contributed by atoms with van der Waals surface area (Å²) >= 11 is 0. The molecule has 3 nitrogen and oxygen atoms in total. The molecule has 0 saturated heterocycles. The number of hydrogen-bond donors (Lipinski definition) is 1. The molecule has 2 rings (SSSR count). The topological polar surface area (TPSA) is 42.3 Å². The standard InChI is InChI=1S/C13H13NO2/c1-15-12-6-5-9-7-11(13(14)16-2)4-3-10(9)8-12/h3-8,14H,1-2H3. The molecule has 0 heterocycles. The van der Waals surface area contributed by atoms with Crippen LogP contribution in [0.4, 0.5) is 0 Å². The molecule has 0 saturated carbocycles. The summed E-state index contributed by atoms with van der Waals surface area (Å²) in [4.78, 5) is 0. The molecule has 0 amide bonds. The second-order valence-corrected chi connectivity index (χ2v) is 3.46. The second-order valence-electron chi connectivity index (χ2n) is 3.46. The highest BCUT2D eigenvalue weighted by molar-refractivity contribution is 5.97. The Bertz CT molecular complexity index is 534. The third-order valence-corrected chi connectivity index (χ3v) is 2.51. The van der Waals surface area contributed by atoms with Crippen LogP contribution in [0.15, 0.2) is 36.4 Å². The van der Waals surface area contributed by atoms with E-state index in [1.54, 1.807) is 7.11 Å². The largest absolute Gasteiger partial charge is 0.497 e. The number of benzene rings is 2. The van der Waals surface area contributed by atoms with E-state index in [-0.39, 0.29) is 5.90 Å². The highest BCUT2D eigenvalue weighted by atomic mass is 16.5. The molecular formula is C13H13NO2. The van der Waals surface area contributed by atoms with Crippen molar-refractivity contribution in [3.63, 3.8) is 0 Å². The van der Waals surface area contributed by atoms with Gasteiger partial charge in [0, 0.05) is 5.56 Å². The second kappa shape index (κ2) is 4.23. The van der Waals surface area contributed by atoms with Gasteiger partial charge in [-0.1, -0.05) is 12.1 Å². The maximum atomic E-state index is 7.59. The van der Waals surface area contributed by atoms with Gasteiger partial charge in [-0.2, -0.15) is 0 Å². The van der Waals surface area contributed by atoms with E-state index >= 15 is 0 Å². The van der Waals surface area contributed by atoms with Crippen molar-refractivity contribution in [1.29, 1.82) is 5.41 Å². The predicted octanol–water partition coefficient (Wildman–Crippen LogP) is 2.82. The van der Waals surface area contributed by atoms with Crippen molar-refractivity contribution >= 4 is 16.7 Å². The molecule has 0 aromatic heterocycles. The molecule has 0 radical (unpaired) electrons. The number of hydrogen-bond acceptors (Lipinski definition) is 3. The lowest BCUT2D eigenvalue weighted by Crippen LogP contribution is -2.00. The van der Waals surface area contributed by atoms with Crippen LogP contribution in [0, 0.1) is 5.41 Å². The molecule has 0 unspecified atom stereocenters. The smallest absolute Gasteiger partial charge is 0.212 e. The lowest BCUT2D eigenvalue weighted by Gasteiger charge is -2.05. The van der Waals surface area contributed by atoms with E-state index in [1.807, 2.05) is 36.4 Å². The van der Waals surface area contributed by atoms with E-state index in [0.717, 1.165) is 22.1 Å². The average Bonchev–Trinajstić information content (AvgIpc) is 2.36. The maximum Gasteiger partial charge on any atom is 0.212 e. The molecule has 0 aliphatic heterocycles. The minimum absolute atomic E-state index is 0.178. The molecule has 16 heavy (non-hydrogen) atoms. The number of methoxy groups -OCH3 is 2. The Morgan fingerprint density at radius 2 is 1.69 bits per heavy atom. The zero-order chi connectivity index (χ0) is 11.5. The zero-order valence-electron chi connectivity index (χ0n) is 9.28. The lowest BCUT2D eigenvalue weighted by atomic mass is 10.1. The van der Waals surface area contributed by atoms with Crippen molar-refractivity contribution in [3.05, 3.63) is 42.0 Å². The van der Waals surface area contributed by atoms with Crippen molar-refractivity contribution in [3.8, 4) is 5.75 Å². The molecule has 0 fully saturated rings. The van der Waals surface area contributed by atoms with Crippen LogP contribution in [0.3, 0.4) is 0 Å². The Hall–Kier alpha value is -2.03. The number of rotatable bonds is 2. The van der Waals surface area contributed by atoms with Gasteiger partial charge in [-0.05, 0) is 35.0 Å². The summed E-state index contributed by atoms with van der Waals surface area (Å²) in [7, 11) is 3.15. The molecule has 0 atom stereocenters. The number of fused-ring (bicyclic) bond motifs is 1. The van der Waals surface area contributed by atoms with Gasteiger partial charge < -0.3 is 9.47 Å². The van der Waals surface area contributed by atoms with E-state index in [9.17, 15) is 0 Å². The molecular weight excluding hydrogens is 202 g/mol. The zero-order valence-corrected chi connectivity index (χ0v) is 9.28. The van der Waals surface area contributed by atoms with Crippen molar-refractivity contribution in [2.45, 2.75) is 0 Å². The Balaban J connectivity index is 2.51. The number of ether oxygens (including phenoxy) is 2. The predicted molar refractivity (Wildman–Crippen MR) is 64.3 cm³/mol. The van der Waals surface area contributed by atoms with Crippen LogP contribution < -0.4 is 4.74 Å². The summed E-state index contributed by atoms with van der Waals surface area (Å²) in [6.07, 6.45) is 0. The van der Waals surface area contributed by atoms with Crippen LogP contribution >= 0.6 is 0 Å². The van der Waals surface area contributed by atoms with Gasteiger partial charge >= 0.3 is 0 Å². The number of nitrogens with one attached hydrogen (secondary N) is 1. The van der Waals surface area contributed by atoms with Crippen LogP contribution in [0.5, 0.6) is 5.75 Å². The molecule has 2 aromatic carbocycles. The lowest BCUT2D eigenvalue weighted by molar-refractivity contribution is 0.401. The Morgan fingerprint density at radius 1 is 1.00 bits per heavy atom. The van der Waals surface area contributed by atoms with Gasteiger partial charge in [0.25, 0.3) is 0 Å². The van der Waals surface area contributed by atoms with Crippen LogP contribution in [0.1, 0.15) is 5.56 Å². The van der Waals surface area contributed by atoms with Crippen LogP contribution in [0.2, 0.25) is 0 Å². The highest BCUT2D eigenvalue weighted by Crippen LogP contribution is 2.21. The summed E-state index contributed by atoms with van der Waals surface area (Å²) in [5, 5.41) is 9.74. The highest BCUT2D eigenvalue weighted by Gasteiger charge is 2.02. The van der Waals surface area contributed by atoms with Crippen molar-refractivity contribution < 1.29 is 9.47 Å². The van der Waals surface area contributed by atoms with Gasteiger partial charge in [0.15, 0.2) is 0 Å². The van der Waals surface area contributed by atoms with Gasteiger partial charge in [-0.3, -0.25) is 5.41 Å². The van der Waals surface area contributed by atoms with Gasteiger partial charge in [0.1, 0.15) is 5.75 Å². The van der Waals surface area contributed by atoms with Crippen molar-refractivity contribution in [1.82, 2.24) is 0 Å². The molecule has 82 valence electrons. The van der Waals surface area contributed by atoms with E-state index in [2.05, 4.69) is 0 Å². The minimum Gasteiger partial charge on any atom is -0.497 e. The average molecular weight is 215 g/mol. The first-order chi connectivity index (χ1) is 7.74. The molecule has 0 spiro atoms. The summed E-state index contributed by atoms with van der Waals surface area (Å²) in [6.45, 7) is 0. The fraction of sp³-hybridized carbons (Fsp3) is 0.154. The van der Waals surface area contributed by atoms with Crippen molar-refractivity contribution in [2.75, 3.05) is 14.2 Å². The van der Waals surface area contributed by atoms with Gasteiger partial charge in [0.2, 0.25) is 5.90 Å². The van der Waals surface area contributed by atoms with Gasteiger partial charge in [-0.15, -0.1) is 0 Å². The first kappa shape index (κ1) is 10.5. The van der Waals surface area contributed by atoms with Crippen LogP contribution in [-0.2, 0) is 4.74 Å². The Labute approximate surface area is 94.1 Å². The maximum absolute atomic E-state index is 7.59. The van der Waals surface area contributed by atoms with E-state index in [1.165, 1.54) is 7.11 Å². The van der Waals surface area contributed by atoms with Gasteiger partial charge in [-0.25, -0.2) is 0 Å². The summed E-state index contributed by atoms with van der Waals surface area (Å²) in [5.74, 6) is 1.01. The Morgan fingerprint density at radius 3 is 2.38 bits per heavy atom. The molecule has 2 aromatic rings. The monoisotopic (exact) mass is 215 g/mol. The van der Waals surface area contributed by atoms with E-state index < -0.39 is 0 Å². The van der Waals surface area contributed by atoms with Crippen LogP contribution in [-0.4, -0.2) is 20.1 Å². The van der Waals surface area contributed by atoms with Gasteiger partial charge in [0.05, 0.1) is 14.2 Å². The fourth-order valence-corrected chi connectivity index (χ4v) is 1.61. The normalized spacial score (nSPS) is 10.1. The molecule has 0 bridgehead atoms. The van der Waals surface area contributed by atoms with E-state index in [0.29, 0.717) is 0 Å². The molecule has 3 heteroatoms. The van der Waals surface area contributed by atoms with Crippen LogP contribution in [0.25, 0.3) is 10.8 Å². The first-order valence-corrected chi connectivity index (χ1v) is 4.95. The Kier molecular flexibility index (Phi) is 2.77. The third kappa shape index (κ3) is 1.84. The summed E-state index contributed by atoms with van der Waals surface area (Å²) in [5.41, 5.74) is 0.778. The fourth-order valence-electron chi connectivity index (χ4n) is 1.61. The van der Waals surface area contributed by atoms with Crippen molar-refractivity contribution in [2.24, 2.45) is 0 Å². The summed E-state index contributed by atoms with van der Waals surface area (Å²) in [6, 6.07) is 11.6. The quantitative estimate of drug-likeness (QED) is 0.618. The molecule has 1 N–H and O–H groups in total. The minimum atomic E-state index is 0.178. The van der Waals surface area contributed by atoms with E-state index in [4.69, 9.17) is 14.9 Å². The SMILES string of the molecule is COC(=N)c1ccc2cc(OC)ccc2c1. The third-order valence-electron chi connectivity index (χ3n) is 2.51. The summed E-state index contributed by atoms with van der Waals surface area (Å²) < 4.78 is 10.0. The first-order valence-electron chi connectivity index (χ1n) is 4.95. The molecule has 0 aliphatic carbocycles.